The zero-order valence-electron chi connectivity index (χ0n) is 43.3. The third kappa shape index (κ3) is 16.8. The fourth-order valence-corrected chi connectivity index (χ4v) is 6.08. The molecule has 0 aliphatic carbocycles. The number of benzene rings is 4. The lowest BCUT2D eigenvalue weighted by molar-refractivity contribution is -0.0724. The number of rotatable bonds is 19. The maximum Gasteiger partial charge on any atom is 0.363 e. The SMILES string of the molecule is COc1nc(OC)nc(Oc2cccc(-c3ccccc3)c2C(=O)ON(C)C)n1.COc1nc(OC)nc(Oc2cccc(Cl)c2C(=O)ON(C)C)n1.COc1nc(OC)nc(Oc2cccc(F)c2C(=O)ON(C)C)n1. The highest BCUT2D eigenvalue weighted by molar-refractivity contribution is 6.34. The van der Waals surface area contributed by atoms with Crippen LogP contribution >= 0.6 is 11.6 Å². The van der Waals surface area contributed by atoms with E-state index in [2.05, 4.69) is 44.9 Å². The van der Waals surface area contributed by atoms with Gasteiger partial charge in [0.1, 0.15) is 39.8 Å². The first kappa shape index (κ1) is 58.5. The summed E-state index contributed by atoms with van der Waals surface area (Å²) in [6, 6.07) is 22.6. The van der Waals surface area contributed by atoms with Gasteiger partial charge >= 0.3 is 72.0 Å². The van der Waals surface area contributed by atoms with Gasteiger partial charge in [-0.15, -0.1) is 60.0 Å². The number of halogens is 2. The molecule has 29 heteroatoms. The number of hydrogen-bond donors (Lipinski definition) is 0. The maximum absolute atomic E-state index is 14.0. The highest BCUT2D eigenvalue weighted by atomic mass is 35.5. The molecule has 0 bridgehead atoms. The number of nitrogens with zero attached hydrogens (tertiary/aromatic N) is 12. The molecular weight excluding hydrogens is 1040 g/mol. The van der Waals surface area contributed by atoms with E-state index >= 15 is 0 Å². The molecule has 0 saturated heterocycles. The lowest BCUT2D eigenvalue weighted by Crippen LogP contribution is -2.20. The van der Waals surface area contributed by atoms with Crippen molar-refractivity contribution in [2.24, 2.45) is 0 Å². The van der Waals surface area contributed by atoms with Crippen LogP contribution in [0, 0.1) is 5.82 Å². The Hall–Kier alpha value is -9.38. The minimum atomic E-state index is -0.930. The molecular formula is C48H50ClFN12O15. The van der Waals surface area contributed by atoms with Crippen LogP contribution in [0.2, 0.25) is 5.02 Å². The van der Waals surface area contributed by atoms with Crippen molar-refractivity contribution in [3.8, 4) is 82.5 Å². The van der Waals surface area contributed by atoms with Gasteiger partial charge in [-0.3, -0.25) is 0 Å². The molecule has 3 aromatic heterocycles. The number of aromatic nitrogens is 9. The molecule has 0 saturated carbocycles. The third-order valence-corrected chi connectivity index (χ3v) is 9.21. The number of carbonyl (C=O) groups excluding carboxylic acids is 3. The van der Waals surface area contributed by atoms with Crippen molar-refractivity contribution in [2.45, 2.75) is 0 Å². The molecule has 0 aliphatic heterocycles. The van der Waals surface area contributed by atoms with Crippen LogP contribution in [0.15, 0.2) is 84.9 Å². The van der Waals surface area contributed by atoms with Crippen LogP contribution in [-0.4, -0.2) is 163 Å². The molecule has 7 rings (SSSR count). The van der Waals surface area contributed by atoms with Crippen LogP contribution < -0.4 is 42.6 Å². The summed E-state index contributed by atoms with van der Waals surface area (Å²) in [5, 5.41) is 3.84. The molecule has 0 aliphatic rings. The number of methoxy groups -OCH3 is 6. The minimum Gasteiger partial charge on any atom is -0.467 e. The topological polar surface area (TPSA) is 288 Å². The summed E-state index contributed by atoms with van der Waals surface area (Å²) in [4.78, 5) is 87.5. The van der Waals surface area contributed by atoms with Gasteiger partial charge in [-0.05, 0) is 35.9 Å². The van der Waals surface area contributed by atoms with Gasteiger partial charge in [0.15, 0.2) is 0 Å². The smallest absolute Gasteiger partial charge is 0.363 e. The monoisotopic (exact) mass is 1090 g/mol. The second-order valence-electron chi connectivity index (χ2n) is 14.9. The average Bonchev–Trinajstić information content (AvgIpc) is 3.40. The molecule has 0 atom stereocenters. The van der Waals surface area contributed by atoms with Gasteiger partial charge < -0.3 is 57.1 Å². The Bertz CT molecular complexity index is 2940. The van der Waals surface area contributed by atoms with E-state index in [9.17, 15) is 18.8 Å². The van der Waals surface area contributed by atoms with Gasteiger partial charge in [-0.1, -0.05) is 66.2 Å². The summed E-state index contributed by atoms with van der Waals surface area (Å²) in [7, 11) is 17.6. The van der Waals surface area contributed by atoms with Crippen molar-refractivity contribution in [1.29, 1.82) is 0 Å². The van der Waals surface area contributed by atoms with Crippen molar-refractivity contribution >= 4 is 29.5 Å². The molecule has 77 heavy (non-hydrogen) atoms. The number of ether oxygens (including phenoxy) is 9. The molecule has 4 aromatic carbocycles. The summed E-state index contributed by atoms with van der Waals surface area (Å²) >= 11 is 6.09. The predicted octanol–water partition coefficient (Wildman–Crippen LogP) is 6.40. The van der Waals surface area contributed by atoms with Gasteiger partial charge in [0.2, 0.25) is 0 Å². The van der Waals surface area contributed by atoms with Crippen molar-refractivity contribution in [3.63, 3.8) is 0 Å². The molecule has 0 spiro atoms. The van der Waals surface area contributed by atoms with E-state index < -0.39 is 29.3 Å². The van der Waals surface area contributed by atoms with Gasteiger partial charge in [-0.25, -0.2) is 18.8 Å². The lowest BCUT2D eigenvalue weighted by atomic mass is 9.99. The summed E-state index contributed by atoms with van der Waals surface area (Å²) in [5.74, 6) is -2.81. The normalized spacial score (nSPS) is 10.5. The van der Waals surface area contributed by atoms with E-state index in [1.54, 1.807) is 46.4 Å². The maximum atomic E-state index is 14.0. The fraction of sp³-hybridized carbons (Fsp3) is 0.250. The second-order valence-corrected chi connectivity index (χ2v) is 15.3. The Morgan fingerprint density at radius 3 is 1.08 bits per heavy atom. The van der Waals surface area contributed by atoms with E-state index in [-0.39, 0.29) is 87.5 Å². The largest absolute Gasteiger partial charge is 0.467 e. The summed E-state index contributed by atoms with van der Waals surface area (Å²) in [6.07, 6.45) is 0. The minimum absolute atomic E-state index is 0.00343. The van der Waals surface area contributed by atoms with E-state index in [0.717, 1.165) is 16.7 Å². The van der Waals surface area contributed by atoms with E-state index in [0.29, 0.717) is 5.56 Å². The Morgan fingerprint density at radius 1 is 0.390 bits per heavy atom. The summed E-state index contributed by atoms with van der Waals surface area (Å²) in [5.41, 5.74) is 1.33. The first-order chi connectivity index (χ1) is 36.9. The predicted molar refractivity (Wildman–Crippen MR) is 266 cm³/mol. The van der Waals surface area contributed by atoms with Crippen molar-refractivity contribution in [1.82, 2.24) is 60.0 Å². The Balaban J connectivity index is 0.000000215. The number of carbonyl (C=O) groups is 3. The molecule has 7 aromatic rings. The van der Waals surface area contributed by atoms with Crippen LogP contribution in [0.1, 0.15) is 31.1 Å². The zero-order chi connectivity index (χ0) is 56.2. The molecule has 406 valence electrons. The quantitative estimate of drug-likeness (QED) is 0.0791. The first-order valence-electron chi connectivity index (χ1n) is 21.9. The second kappa shape index (κ2) is 28.3. The van der Waals surface area contributed by atoms with Crippen LogP contribution in [0.5, 0.6) is 71.3 Å². The standard InChI is InChI=1S/C20H20N4O5.C14H15ClN4O5.C14H15FN4O5/c1-24(2)29-17(25)16-14(13-9-6-5-7-10-13)11-8-12-15(16)28-20-22-18(26-3)21-19(23-20)27-4;2*1-19(2)24-11(20)10-8(15)6-5-7-9(10)23-14-17-12(21-3)16-13(18-14)22-4/h5-12H,1-4H3;2*5-7H,1-4H3. The molecule has 0 radical (unpaired) electrons. The zero-order valence-corrected chi connectivity index (χ0v) is 44.1. The fourth-order valence-electron chi connectivity index (χ4n) is 5.84. The van der Waals surface area contributed by atoms with Gasteiger partial charge in [0, 0.05) is 47.8 Å². The van der Waals surface area contributed by atoms with Gasteiger partial charge in [0.05, 0.1) is 47.7 Å². The van der Waals surface area contributed by atoms with Crippen LogP contribution in [0.3, 0.4) is 0 Å². The lowest BCUT2D eigenvalue weighted by Gasteiger charge is -2.16. The Kier molecular flexibility index (Phi) is 21.5. The molecule has 3 heterocycles. The van der Waals surface area contributed by atoms with Crippen LogP contribution in [0.4, 0.5) is 4.39 Å². The van der Waals surface area contributed by atoms with Gasteiger partial charge in [-0.2, -0.15) is 0 Å². The molecule has 0 amide bonds. The Morgan fingerprint density at radius 2 is 0.701 bits per heavy atom. The van der Waals surface area contributed by atoms with Crippen LogP contribution in [0.25, 0.3) is 11.1 Å². The molecule has 27 nitrogen and oxygen atoms in total. The first-order valence-corrected chi connectivity index (χ1v) is 22.3. The third-order valence-electron chi connectivity index (χ3n) is 8.89. The van der Waals surface area contributed by atoms with E-state index in [4.69, 9.17) is 68.7 Å². The molecule has 0 fully saturated rings. The van der Waals surface area contributed by atoms with Crippen molar-refractivity contribution in [3.05, 3.63) is 112 Å². The van der Waals surface area contributed by atoms with Crippen LogP contribution in [-0.2, 0) is 14.5 Å². The summed E-state index contributed by atoms with van der Waals surface area (Å²) < 4.78 is 60.6. The average molecular weight is 1090 g/mol. The van der Waals surface area contributed by atoms with E-state index in [1.807, 2.05) is 36.4 Å². The summed E-state index contributed by atoms with van der Waals surface area (Å²) in [6.45, 7) is 0. The van der Waals surface area contributed by atoms with Crippen molar-refractivity contribution < 1.29 is 75.9 Å². The van der Waals surface area contributed by atoms with Gasteiger partial charge in [0.25, 0.3) is 0 Å². The highest BCUT2D eigenvalue weighted by Crippen LogP contribution is 2.35. The number of hydroxylamine groups is 6. The van der Waals surface area contributed by atoms with E-state index in [1.165, 1.54) is 91.1 Å². The number of hydrogen-bond acceptors (Lipinski definition) is 27. The Labute approximate surface area is 444 Å². The van der Waals surface area contributed by atoms with Crippen molar-refractivity contribution in [2.75, 3.05) is 84.9 Å². The molecule has 0 N–H and O–H groups in total. The molecule has 0 unspecified atom stereocenters. The highest BCUT2D eigenvalue weighted by Gasteiger charge is 2.26.